The summed E-state index contributed by atoms with van der Waals surface area (Å²) >= 11 is 0. The van der Waals surface area contributed by atoms with Crippen LogP contribution in [0.4, 0.5) is 0 Å². The van der Waals surface area contributed by atoms with Gasteiger partial charge in [0.05, 0.1) is 0 Å². The van der Waals surface area contributed by atoms with E-state index in [0.29, 0.717) is 18.3 Å². The van der Waals surface area contributed by atoms with E-state index in [1.807, 2.05) is 18.3 Å². The topological polar surface area (TPSA) is 64.3 Å². The third-order valence-electron chi connectivity index (χ3n) is 4.36. The molecule has 1 unspecified atom stereocenters. The van der Waals surface area contributed by atoms with Crippen molar-refractivity contribution in [3.63, 3.8) is 0 Å². The minimum Gasteiger partial charge on any atom is -0.349 e. The molecule has 2 aromatic rings. The summed E-state index contributed by atoms with van der Waals surface area (Å²) in [5, 5.41) is 4.01. The van der Waals surface area contributed by atoms with Crippen LogP contribution >= 0.6 is 0 Å². The number of nitrogens with zero attached hydrogens (tertiary/aromatic N) is 3. The second-order valence-corrected chi connectivity index (χ2v) is 6.01. The van der Waals surface area contributed by atoms with Gasteiger partial charge in [-0.2, -0.15) is 0 Å². The second-order valence-electron chi connectivity index (χ2n) is 6.01. The zero-order valence-corrected chi connectivity index (χ0v) is 13.2. The van der Waals surface area contributed by atoms with Crippen LogP contribution in [0.25, 0.3) is 11.0 Å². The lowest BCUT2D eigenvalue weighted by Gasteiger charge is -2.36. The van der Waals surface area contributed by atoms with Crippen molar-refractivity contribution >= 4 is 16.9 Å². The molecule has 3 heterocycles. The van der Waals surface area contributed by atoms with Crippen molar-refractivity contribution in [1.82, 2.24) is 25.1 Å². The number of rotatable bonds is 4. The molecule has 2 N–H and O–H groups in total. The molecule has 6 nitrogen and oxygen atoms in total. The van der Waals surface area contributed by atoms with Crippen LogP contribution < -0.4 is 5.32 Å². The standard InChI is InChI=1S/C16H23N5O/c1-12(21-9-7-20(2)8-10-21)11-18-16(22)14-4-3-13-5-6-17-15(13)19-14/h3-6,12H,7-11H2,1-2H3,(H,17,19)(H,18,22). The summed E-state index contributed by atoms with van der Waals surface area (Å²) in [4.78, 5) is 24.4. The van der Waals surface area contributed by atoms with Crippen molar-refractivity contribution in [2.24, 2.45) is 0 Å². The molecule has 0 aromatic carbocycles. The van der Waals surface area contributed by atoms with Gasteiger partial charge in [0.1, 0.15) is 11.3 Å². The third-order valence-corrected chi connectivity index (χ3v) is 4.36. The Kier molecular flexibility index (Phi) is 4.40. The molecule has 0 saturated carbocycles. The maximum atomic E-state index is 12.2. The zero-order valence-electron chi connectivity index (χ0n) is 13.2. The molecule has 6 heteroatoms. The molecule has 118 valence electrons. The number of nitrogens with one attached hydrogen (secondary N) is 2. The average molecular weight is 301 g/mol. The first-order valence-corrected chi connectivity index (χ1v) is 7.78. The minimum absolute atomic E-state index is 0.113. The van der Waals surface area contributed by atoms with Gasteiger partial charge in [-0.25, -0.2) is 4.98 Å². The SMILES string of the molecule is CC(CNC(=O)c1ccc2cc[nH]c2n1)N1CCN(C)CC1. The van der Waals surface area contributed by atoms with Crippen LogP contribution in [0.1, 0.15) is 17.4 Å². The van der Waals surface area contributed by atoms with Crippen LogP contribution in [0, 0.1) is 0 Å². The van der Waals surface area contributed by atoms with Crippen molar-refractivity contribution in [2.75, 3.05) is 39.8 Å². The Hall–Kier alpha value is -1.92. The van der Waals surface area contributed by atoms with Gasteiger partial charge in [-0.05, 0) is 32.2 Å². The summed E-state index contributed by atoms with van der Waals surface area (Å²) in [6.07, 6.45) is 1.83. The van der Waals surface area contributed by atoms with Gasteiger partial charge in [0.2, 0.25) is 0 Å². The molecule has 1 aliphatic rings. The Morgan fingerprint density at radius 2 is 2.09 bits per heavy atom. The van der Waals surface area contributed by atoms with E-state index in [0.717, 1.165) is 37.2 Å². The van der Waals surface area contributed by atoms with Crippen LogP contribution in [-0.4, -0.2) is 71.5 Å². The van der Waals surface area contributed by atoms with E-state index in [1.54, 1.807) is 6.07 Å². The highest BCUT2D eigenvalue weighted by Crippen LogP contribution is 2.10. The van der Waals surface area contributed by atoms with E-state index >= 15 is 0 Å². The first-order chi connectivity index (χ1) is 10.6. The summed E-state index contributed by atoms with van der Waals surface area (Å²) < 4.78 is 0. The molecule has 0 spiro atoms. The largest absolute Gasteiger partial charge is 0.349 e. The van der Waals surface area contributed by atoms with Crippen LogP contribution in [-0.2, 0) is 0 Å². The van der Waals surface area contributed by atoms with Crippen LogP contribution in [0.3, 0.4) is 0 Å². The number of carbonyl (C=O) groups is 1. The highest BCUT2D eigenvalue weighted by Gasteiger charge is 2.19. The predicted octanol–water partition coefficient (Wildman–Crippen LogP) is 0.929. The molecule has 1 saturated heterocycles. The smallest absolute Gasteiger partial charge is 0.270 e. The molecule has 1 amide bonds. The van der Waals surface area contributed by atoms with Gasteiger partial charge < -0.3 is 15.2 Å². The zero-order chi connectivity index (χ0) is 15.5. The summed E-state index contributed by atoms with van der Waals surface area (Å²) in [5.74, 6) is -0.113. The van der Waals surface area contributed by atoms with Crippen molar-refractivity contribution in [3.8, 4) is 0 Å². The fourth-order valence-corrected chi connectivity index (χ4v) is 2.78. The maximum absolute atomic E-state index is 12.2. The number of piperazine rings is 1. The molecular formula is C16H23N5O. The summed E-state index contributed by atoms with van der Waals surface area (Å²) in [6, 6.07) is 5.97. The quantitative estimate of drug-likeness (QED) is 0.882. The Labute approximate surface area is 130 Å². The number of fused-ring (bicyclic) bond motifs is 1. The Bertz CT molecular complexity index is 645. The second kappa shape index (κ2) is 6.46. The van der Waals surface area contributed by atoms with Gasteiger partial charge in [-0.3, -0.25) is 9.69 Å². The third kappa shape index (κ3) is 3.28. The van der Waals surface area contributed by atoms with Gasteiger partial charge in [0, 0.05) is 50.3 Å². The number of aromatic amines is 1. The first-order valence-electron chi connectivity index (χ1n) is 7.78. The lowest BCUT2D eigenvalue weighted by Crippen LogP contribution is -2.51. The van der Waals surface area contributed by atoms with E-state index in [4.69, 9.17) is 0 Å². The molecule has 0 bridgehead atoms. The number of pyridine rings is 1. The van der Waals surface area contributed by atoms with Crippen LogP contribution in [0.15, 0.2) is 24.4 Å². The normalized spacial score (nSPS) is 18.5. The number of likely N-dealkylation sites (N-methyl/N-ethyl adjacent to an activating group) is 1. The fraction of sp³-hybridized carbons (Fsp3) is 0.500. The number of hydrogen-bond acceptors (Lipinski definition) is 4. The number of carbonyl (C=O) groups excluding carboxylic acids is 1. The fourth-order valence-electron chi connectivity index (χ4n) is 2.78. The van der Waals surface area contributed by atoms with Crippen molar-refractivity contribution in [2.45, 2.75) is 13.0 Å². The molecule has 1 fully saturated rings. The highest BCUT2D eigenvalue weighted by atomic mass is 16.1. The predicted molar refractivity (Wildman–Crippen MR) is 87.0 cm³/mol. The molecule has 1 atom stereocenters. The summed E-state index contributed by atoms with van der Waals surface area (Å²) in [5.41, 5.74) is 1.21. The van der Waals surface area contributed by atoms with Gasteiger partial charge in [0.15, 0.2) is 0 Å². The van der Waals surface area contributed by atoms with Crippen molar-refractivity contribution in [1.29, 1.82) is 0 Å². The molecule has 1 aliphatic heterocycles. The van der Waals surface area contributed by atoms with Crippen LogP contribution in [0.5, 0.6) is 0 Å². The molecule has 3 rings (SSSR count). The summed E-state index contributed by atoms with van der Waals surface area (Å²) in [6.45, 7) is 7.09. The van der Waals surface area contributed by atoms with Crippen LogP contribution in [0.2, 0.25) is 0 Å². The molecule has 0 radical (unpaired) electrons. The number of amides is 1. The van der Waals surface area contributed by atoms with Gasteiger partial charge in [-0.15, -0.1) is 0 Å². The monoisotopic (exact) mass is 301 g/mol. The Morgan fingerprint density at radius 3 is 2.86 bits per heavy atom. The number of hydrogen-bond donors (Lipinski definition) is 2. The lowest BCUT2D eigenvalue weighted by atomic mass is 10.2. The first kappa shape index (κ1) is 15.0. The average Bonchev–Trinajstić information content (AvgIpc) is 3.00. The Balaban J connectivity index is 1.55. The molecular weight excluding hydrogens is 278 g/mol. The van der Waals surface area contributed by atoms with Gasteiger partial charge >= 0.3 is 0 Å². The van der Waals surface area contributed by atoms with Crippen molar-refractivity contribution < 1.29 is 4.79 Å². The highest BCUT2D eigenvalue weighted by molar-refractivity contribution is 5.94. The van der Waals surface area contributed by atoms with E-state index in [2.05, 4.69) is 39.1 Å². The summed E-state index contributed by atoms with van der Waals surface area (Å²) in [7, 11) is 2.15. The van der Waals surface area contributed by atoms with Crippen molar-refractivity contribution in [3.05, 3.63) is 30.1 Å². The van der Waals surface area contributed by atoms with E-state index in [1.165, 1.54) is 0 Å². The lowest BCUT2D eigenvalue weighted by molar-refractivity contribution is 0.0899. The van der Waals surface area contributed by atoms with Gasteiger partial charge in [-0.1, -0.05) is 0 Å². The molecule has 2 aromatic heterocycles. The molecule has 22 heavy (non-hydrogen) atoms. The van der Waals surface area contributed by atoms with E-state index < -0.39 is 0 Å². The minimum atomic E-state index is -0.113. The number of H-pyrrole nitrogens is 1. The maximum Gasteiger partial charge on any atom is 0.270 e. The Morgan fingerprint density at radius 1 is 1.32 bits per heavy atom. The van der Waals surface area contributed by atoms with E-state index in [9.17, 15) is 4.79 Å². The molecule has 0 aliphatic carbocycles. The van der Waals surface area contributed by atoms with Gasteiger partial charge in [0.25, 0.3) is 5.91 Å². The van der Waals surface area contributed by atoms with E-state index in [-0.39, 0.29) is 5.91 Å². The number of aromatic nitrogens is 2.